The van der Waals surface area contributed by atoms with Gasteiger partial charge in [0.15, 0.2) is 0 Å². The molecule has 0 unspecified atom stereocenters. The van der Waals surface area contributed by atoms with Gasteiger partial charge >= 0.3 is 0 Å². The highest BCUT2D eigenvalue weighted by Gasteiger charge is 2.00. The molecule has 1 heteroatoms. The third-order valence-corrected chi connectivity index (χ3v) is 1.96. The average molecular weight is 157 g/mol. The summed E-state index contributed by atoms with van der Waals surface area (Å²) in [5.41, 5.74) is 2.27. The molecular weight excluding hydrogens is 146 g/mol. The molecule has 0 amide bonds. The van der Waals surface area contributed by atoms with Crippen molar-refractivity contribution >= 4 is 18.0 Å². The van der Waals surface area contributed by atoms with E-state index in [1.54, 1.807) is 0 Å². The maximum atomic E-state index is 4.38. The van der Waals surface area contributed by atoms with Gasteiger partial charge in [0, 0.05) is 12.1 Å². The Balaban J connectivity index is 2.52. The average Bonchev–Trinajstić information content (AvgIpc) is 2.29. The second-order valence-electron chi connectivity index (χ2n) is 3.06. The molecule has 0 fully saturated rings. The van der Waals surface area contributed by atoms with Crippen LogP contribution in [0.4, 0.5) is 5.69 Å². The molecule has 0 aromatic heterocycles. The number of aliphatic imine (C=N–C) groups is 1. The molecule has 1 heterocycles. The van der Waals surface area contributed by atoms with E-state index in [9.17, 15) is 0 Å². The van der Waals surface area contributed by atoms with E-state index in [0.717, 1.165) is 5.69 Å². The fourth-order valence-electron chi connectivity index (χ4n) is 1.25. The fraction of sp³-hybridized carbons (Fsp3) is 0.182. The van der Waals surface area contributed by atoms with E-state index in [1.165, 1.54) is 5.56 Å². The van der Waals surface area contributed by atoms with Crippen LogP contribution in [0.1, 0.15) is 12.5 Å². The Kier molecular flexibility index (Phi) is 1.78. The number of nitrogens with zero attached hydrogens (tertiary/aromatic N) is 1. The number of rotatable bonds is 0. The second kappa shape index (κ2) is 2.94. The summed E-state index contributed by atoms with van der Waals surface area (Å²) in [5.74, 6) is 0.442. The van der Waals surface area contributed by atoms with Crippen molar-refractivity contribution in [3.8, 4) is 0 Å². The zero-order valence-electron chi connectivity index (χ0n) is 7.07. The zero-order valence-corrected chi connectivity index (χ0v) is 7.07. The molecule has 1 aliphatic rings. The van der Waals surface area contributed by atoms with Crippen LogP contribution in [0.15, 0.2) is 35.3 Å². The molecule has 1 aromatic rings. The first-order valence-corrected chi connectivity index (χ1v) is 4.18. The van der Waals surface area contributed by atoms with Crippen LogP contribution in [0.3, 0.4) is 0 Å². The highest BCUT2D eigenvalue weighted by Crippen LogP contribution is 2.22. The largest absolute Gasteiger partial charge is 0.260 e. The summed E-state index contributed by atoms with van der Waals surface area (Å²) < 4.78 is 0. The summed E-state index contributed by atoms with van der Waals surface area (Å²) in [5, 5.41) is 0. The van der Waals surface area contributed by atoms with Crippen LogP contribution >= 0.6 is 0 Å². The van der Waals surface area contributed by atoms with Gasteiger partial charge in [-0.05, 0) is 11.6 Å². The third-order valence-electron chi connectivity index (χ3n) is 1.96. The third kappa shape index (κ3) is 1.30. The Bertz CT molecular complexity index is 304. The molecule has 2 rings (SSSR count). The van der Waals surface area contributed by atoms with E-state index >= 15 is 0 Å². The van der Waals surface area contributed by atoms with Crippen molar-refractivity contribution in [3.05, 3.63) is 35.9 Å². The quantitative estimate of drug-likeness (QED) is 0.549. The van der Waals surface area contributed by atoms with Gasteiger partial charge in [0.25, 0.3) is 0 Å². The predicted octanol–water partition coefficient (Wildman–Crippen LogP) is 3.05. The smallest absolute Gasteiger partial charge is 0.0698 e. The first kappa shape index (κ1) is 7.29. The first-order chi connectivity index (χ1) is 5.86. The number of hydrogen-bond acceptors (Lipinski definition) is 1. The topological polar surface area (TPSA) is 12.4 Å². The molecule has 0 N–H and O–H groups in total. The van der Waals surface area contributed by atoms with Gasteiger partial charge in [-0.3, -0.25) is 4.99 Å². The minimum Gasteiger partial charge on any atom is -0.260 e. The lowest BCUT2D eigenvalue weighted by Crippen LogP contribution is -1.86. The van der Waals surface area contributed by atoms with Crippen LogP contribution in [-0.2, 0) is 0 Å². The van der Waals surface area contributed by atoms with E-state index in [-0.39, 0.29) is 0 Å². The number of para-hydroxylation sites is 1. The maximum Gasteiger partial charge on any atom is 0.0698 e. The molecule has 12 heavy (non-hydrogen) atoms. The summed E-state index contributed by atoms with van der Waals surface area (Å²) in [6.45, 7) is 2.13. The molecule has 0 spiro atoms. The zero-order chi connectivity index (χ0) is 8.39. The van der Waals surface area contributed by atoms with Gasteiger partial charge in [-0.15, -0.1) is 0 Å². The van der Waals surface area contributed by atoms with Crippen molar-refractivity contribution in [2.24, 2.45) is 10.9 Å². The summed E-state index contributed by atoms with van der Waals surface area (Å²) in [4.78, 5) is 4.38. The van der Waals surface area contributed by atoms with E-state index in [4.69, 9.17) is 0 Å². The summed E-state index contributed by atoms with van der Waals surface area (Å²) >= 11 is 0. The van der Waals surface area contributed by atoms with E-state index < -0.39 is 0 Å². The van der Waals surface area contributed by atoms with Crippen molar-refractivity contribution in [2.45, 2.75) is 6.92 Å². The van der Waals surface area contributed by atoms with E-state index in [2.05, 4.69) is 30.1 Å². The van der Waals surface area contributed by atoms with Crippen molar-refractivity contribution < 1.29 is 0 Å². The molecule has 0 radical (unpaired) electrons. The van der Waals surface area contributed by atoms with Crippen LogP contribution in [-0.4, -0.2) is 6.21 Å². The van der Waals surface area contributed by atoms with Gasteiger partial charge in [0.05, 0.1) is 5.69 Å². The second-order valence-corrected chi connectivity index (χ2v) is 3.06. The van der Waals surface area contributed by atoms with Crippen molar-refractivity contribution in [1.82, 2.24) is 0 Å². The van der Waals surface area contributed by atoms with Crippen molar-refractivity contribution in [3.63, 3.8) is 0 Å². The highest BCUT2D eigenvalue weighted by atomic mass is 14.7. The summed E-state index contributed by atoms with van der Waals surface area (Å²) in [7, 11) is 0. The van der Waals surface area contributed by atoms with Gasteiger partial charge in [0.2, 0.25) is 0 Å². The fourth-order valence-corrected chi connectivity index (χ4v) is 1.25. The molecule has 1 atom stereocenters. The summed E-state index contributed by atoms with van der Waals surface area (Å²) in [6.07, 6.45) is 6.27. The predicted molar refractivity (Wildman–Crippen MR) is 52.8 cm³/mol. The highest BCUT2D eigenvalue weighted by molar-refractivity contribution is 5.77. The maximum absolute atomic E-state index is 4.38. The molecule has 1 nitrogen and oxygen atoms in total. The standard InChI is InChI=1S/C11H11N/c1-9-6-7-10-4-2-3-5-11(10)12-8-9/h2-9H,1H3/t9-/m1/s1. The Morgan fingerprint density at radius 1 is 1.25 bits per heavy atom. The minimum absolute atomic E-state index is 0.442. The molecule has 1 aromatic carbocycles. The van der Waals surface area contributed by atoms with Crippen LogP contribution in [0.25, 0.3) is 6.08 Å². The lowest BCUT2D eigenvalue weighted by molar-refractivity contribution is 1.04. The Labute approximate surface area is 72.5 Å². The van der Waals surface area contributed by atoms with Crippen LogP contribution in [0.2, 0.25) is 0 Å². The minimum atomic E-state index is 0.442. The Morgan fingerprint density at radius 3 is 3.00 bits per heavy atom. The Hall–Kier alpha value is -1.37. The van der Waals surface area contributed by atoms with E-state index in [1.807, 2.05) is 24.4 Å². The lowest BCUT2D eigenvalue weighted by atomic mass is 10.1. The molecule has 0 saturated carbocycles. The normalized spacial score (nSPS) is 20.2. The molecule has 0 bridgehead atoms. The van der Waals surface area contributed by atoms with Gasteiger partial charge in [-0.25, -0.2) is 0 Å². The van der Waals surface area contributed by atoms with Gasteiger partial charge in [-0.2, -0.15) is 0 Å². The molecule has 0 saturated heterocycles. The van der Waals surface area contributed by atoms with Crippen LogP contribution < -0.4 is 0 Å². The molecular formula is C11H11N. The van der Waals surface area contributed by atoms with Crippen molar-refractivity contribution in [1.29, 1.82) is 0 Å². The van der Waals surface area contributed by atoms with Crippen molar-refractivity contribution in [2.75, 3.05) is 0 Å². The van der Waals surface area contributed by atoms with Gasteiger partial charge in [0.1, 0.15) is 0 Å². The van der Waals surface area contributed by atoms with Crippen LogP contribution in [0.5, 0.6) is 0 Å². The monoisotopic (exact) mass is 157 g/mol. The SMILES string of the molecule is C[C@@H]1C=Cc2ccccc2N=C1. The lowest BCUT2D eigenvalue weighted by Gasteiger charge is -1.95. The Morgan fingerprint density at radius 2 is 2.08 bits per heavy atom. The van der Waals surface area contributed by atoms with Crippen LogP contribution in [0, 0.1) is 5.92 Å². The number of allylic oxidation sites excluding steroid dienone is 1. The first-order valence-electron chi connectivity index (χ1n) is 4.18. The number of benzene rings is 1. The van der Waals surface area contributed by atoms with Gasteiger partial charge < -0.3 is 0 Å². The van der Waals surface area contributed by atoms with E-state index in [0.29, 0.717) is 5.92 Å². The summed E-state index contributed by atoms with van der Waals surface area (Å²) in [6, 6.07) is 8.17. The number of hydrogen-bond donors (Lipinski definition) is 0. The van der Waals surface area contributed by atoms with Gasteiger partial charge in [-0.1, -0.05) is 37.3 Å². The number of fused-ring (bicyclic) bond motifs is 1. The molecule has 60 valence electrons. The molecule has 1 aliphatic heterocycles. The molecule has 0 aliphatic carbocycles.